The van der Waals surface area contributed by atoms with Crippen LogP contribution in [-0.4, -0.2) is 49.2 Å². The monoisotopic (exact) mass is 400 g/mol. The van der Waals surface area contributed by atoms with Crippen molar-refractivity contribution in [2.24, 2.45) is 0 Å². The third-order valence-corrected chi connectivity index (χ3v) is 5.24. The maximum Gasteiger partial charge on any atom is 0.276 e. The van der Waals surface area contributed by atoms with Crippen molar-refractivity contribution in [3.05, 3.63) is 52.1 Å². The van der Waals surface area contributed by atoms with Gasteiger partial charge in [-0.25, -0.2) is 4.98 Å². The lowest BCUT2D eigenvalue weighted by molar-refractivity contribution is -0.125. The lowest BCUT2D eigenvalue weighted by Crippen LogP contribution is -2.45. The fourth-order valence-electron chi connectivity index (χ4n) is 3.25. The molecular weight excluding hydrogens is 380 g/mol. The van der Waals surface area contributed by atoms with Crippen LogP contribution in [0, 0.1) is 6.92 Å². The molecule has 0 aromatic carbocycles. The molecule has 4 heterocycles. The summed E-state index contributed by atoms with van der Waals surface area (Å²) in [5, 5.41) is 12.8. The Morgan fingerprint density at radius 1 is 1.43 bits per heavy atom. The average molecular weight is 400 g/mol. The van der Waals surface area contributed by atoms with E-state index in [0.29, 0.717) is 31.8 Å². The summed E-state index contributed by atoms with van der Waals surface area (Å²) in [4.78, 5) is 31.1. The van der Waals surface area contributed by atoms with Gasteiger partial charge < -0.3 is 14.7 Å². The second-order valence-electron chi connectivity index (χ2n) is 6.75. The van der Waals surface area contributed by atoms with Crippen LogP contribution < -0.4 is 5.32 Å². The van der Waals surface area contributed by atoms with Crippen molar-refractivity contribution in [2.75, 3.05) is 6.54 Å². The molecule has 0 saturated carbocycles. The third-order valence-electron chi connectivity index (χ3n) is 4.60. The summed E-state index contributed by atoms with van der Waals surface area (Å²) < 4.78 is 7.00. The summed E-state index contributed by atoms with van der Waals surface area (Å²) in [6.07, 6.45) is 5.04. The number of amides is 2. The number of hydrogen-bond acceptors (Lipinski definition) is 7. The zero-order chi connectivity index (χ0) is 19.5. The number of rotatable bonds is 6. The van der Waals surface area contributed by atoms with E-state index in [9.17, 15) is 9.59 Å². The lowest BCUT2D eigenvalue weighted by atomic mass is 10.2. The molecule has 0 aliphatic carbocycles. The summed E-state index contributed by atoms with van der Waals surface area (Å²) in [7, 11) is 0. The molecule has 146 valence electrons. The molecule has 1 aliphatic rings. The highest BCUT2D eigenvalue weighted by Gasteiger charge is 2.35. The number of nitrogens with one attached hydrogen (secondary N) is 1. The normalized spacial score (nSPS) is 16.5. The van der Waals surface area contributed by atoms with Crippen molar-refractivity contribution < 1.29 is 14.1 Å². The first-order valence-electron chi connectivity index (χ1n) is 9.00. The predicted octanol–water partition coefficient (Wildman–Crippen LogP) is 1.61. The molecule has 1 saturated heterocycles. The highest BCUT2D eigenvalue weighted by Crippen LogP contribution is 2.21. The number of nitrogens with zero attached hydrogens (tertiary/aromatic N) is 5. The number of thiazole rings is 1. The minimum absolute atomic E-state index is 0.172. The summed E-state index contributed by atoms with van der Waals surface area (Å²) in [5.74, 6) is 0.0720. The quantitative estimate of drug-likeness (QED) is 0.674. The van der Waals surface area contributed by atoms with Crippen molar-refractivity contribution in [1.29, 1.82) is 0 Å². The minimum Gasteiger partial charge on any atom is -0.359 e. The molecule has 1 unspecified atom stereocenters. The molecule has 10 heteroatoms. The molecule has 0 spiro atoms. The van der Waals surface area contributed by atoms with E-state index in [4.69, 9.17) is 4.52 Å². The van der Waals surface area contributed by atoms with Crippen LogP contribution >= 0.6 is 11.3 Å². The number of hydrogen-bond donors (Lipinski definition) is 1. The Balaban J connectivity index is 1.39. The molecule has 1 fully saturated rings. The lowest BCUT2D eigenvalue weighted by Gasteiger charge is -2.22. The molecule has 0 bridgehead atoms. The Hall–Kier alpha value is -3.01. The largest absolute Gasteiger partial charge is 0.359 e. The van der Waals surface area contributed by atoms with Crippen molar-refractivity contribution in [3.8, 4) is 0 Å². The maximum atomic E-state index is 12.9. The molecule has 28 heavy (non-hydrogen) atoms. The zero-order valence-electron chi connectivity index (χ0n) is 15.4. The van der Waals surface area contributed by atoms with Gasteiger partial charge in [0.2, 0.25) is 5.91 Å². The molecule has 0 radical (unpaired) electrons. The molecule has 3 aromatic heterocycles. The van der Waals surface area contributed by atoms with Crippen LogP contribution in [0.5, 0.6) is 0 Å². The third kappa shape index (κ3) is 3.96. The standard InChI is InChI=1S/C18H20N6O3S/c1-12-6-21-23(8-12)9-14-5-15(22-27-14)18(26)24-4-2-3-16(24)17(25)19-7-13-10-28-11-20-13/h5-6,8,10-11,16H,2-4,7,9H2,1H3,(H,19,25). The van der Waals surface area contributed by atoms with Gasteiger partial charge in [-0.05, 0) is 25.3 Å². The van der Waals surface area contributed by atoms with Crippen LogP contribution in [0.4, 0.5) is 0 Å². The zero-order valence-corrected chi connectivity index (χ0v) is 16.2. The first-order chi connectivity index (χ1) is 13.6. The highest BCUT2D eigenvalue weighted by atomic mass is 32.1. The predicted molar refractivity (Wildman–Crippen MR) is 101 cm³/mol. The summed E-state index contributed by atoms with van der Waals surface area (Å²) in [6, 6.07) is 1.11. The van der Waals surface area contributed by atoms with E-state index in [2.05, 4.69) is 20.6 Å². The summed E-state index contributed by atoms with van der Waals surface area (Å²) in [5.41, 5.74) is 3.78. The van der Waals surface area contributed by atoms with Crippen LogP contribution in [-0.2, 0) is 17.9 Å². The smallest absolute Gasteiger partial charge is 0.276 e. The fraction of sp³-hybridized carbons (Fsp3) is 0.389. The van der Waals surface area contributed by atoms with Crippen molar-refractivity contribution in [1.82, 2.24) is 30.1 Å². The van der Waals surface area contributed by atoms with E-state index in [0.717, 1.165) is 17.7 Å². The molecule has 3 aromatic rings. The Kier molecular flexibility index (Phi) is 5.20. The van der Waals surface area contributed by atoms with Gasteiger partial charge in [0.1, 0.15) is 12.6 Å². The summed E-state index contributed by atoms with van der Waals surface area (Å²) >= 11 is 1.48. The molecule has 2 amide bonds. The Bertz CT molecular complexity index is 964. The van der Waals surface area contributed by atoms with Crippen molar-refractivity contribution in [3.63, 3.8) is 0 Å². The van der Waals surface area contributed by atoms with Gasteiger partial charge in [0.25, 0.3) is 5.91 Å². The highest BCUT2D eigenvalue weighted by molar-refractivity contribution is 7.07. The maximum absolute atomic E-state index is 12.9. The SMILES string of the molecule is Cc1cnn(Cc2cc(C(=O)N3CCCC3C(=O)NCc3cscn3)no2)c1. The average Bonchev–Trinajstić information content (AvgIpc) is 3.47. The van der Waals surface area contributed by atoms with E-state index in [1.807, 2.05) is 18.5 Å². The number of carbonyl (C=O) groups excluding carboxylic acids is 2. The minimum atomic E-state index is -0.500. The number of likely N-dealkylation sites (tertiary alicyclic amines) is 1. The molecule has 1 aliphatic heterocycles. The van der Waals surface area contributed by atoms with Gasteiger partial charge in [-0.2, -0.15) is 5.10 Å². The molecule has 9 nitrogen and oxygen atoms in total. The van der Waals surface area contributed by atoms with E-state index in [-0.39, 0.29) is 17.5 Å². The van der Waals surface area contributed by atoms with Crippen LogP contribution in [0.1, 0.15) is 40.3 Å². The fourth-order valence-corrected chi connectivity index (χ4v) is 3.81. The van der Waals surface area contributed by atoms with Gasteiger partial charge in [0, 0.05) is 24.2 Å². The van der Waals surface area contributed by atoms with E-state index in [1.165, 1.54) is 11.3 Å². The van der Waals surface area contributed by atoms with Crippen LogP contribution in [0.25, 0.3) is 0 Å². The van der Waals surface area contributed by atoms with Crippen LogP contribution in [0.2, 0.25) is 0 Å². The first-order valence-corrected chi connectivity index (χ1v) is 9.95. The second kappa shape index (κ2) is 7.93. The number of aryl methyl sites for hydroxylation is 1. The first kappa shape index (κ1) is 18.4. The van der Waals surface area contributed by atoms with Crippen molar-refractivity contribution >= 4 is 23.2 Å². The van der Waals surface area contributed by atoms with E-state index >= 15 is 0 Å². The molecule has 4 rings (SSSR count). The second-order valence-corrected chi connectivity index (χ2v) is 7.47. The molecule has 1 N–H and O–H groups in total. The van der Waals surface area contributed by atoms with Crippen LogP contribution in [0.3, 0.4) is 0 Å². The van der Waals surface area contributed by atoms with Gasteiger partial charge in [-0.3, -0.25) is 14.3 Å². The number of aromatic nitrogens is 4. The van der Waals surface area contributed by atoms with Gasteiger partial charge in [0.05, 0.1) is 23.9 Å². The van der Waals surface area contributed by atoms with Crippen LogP contribution in [0.15, 0.2) is 33.9 Å². The topological polar surface area (TPSA) is 106 Å². The van der Waals surface area contributed by atoms with E-state index < -0.39 is 6.04 Å². The van der Waals surface area contributed by atoms with Gasteiger partial charge >= 0.3 is 0 Å². The Morgan fingerprint density at radius 3 is 3.07 bits per heavy atom. The Labute approximate surface area is 165 Å². The summed E-state index contributed by atoms with van der Waals surface area (Å²) in [6.45, 7) is 3.23. The molecular formula is C18H20N6O3S. The van der Waals surface area contributed by atoms with Crippen molar-refractivity contribution in [2.45, 2.75) is 38.9 Å². The molecule has 1 atom stereocenters. The van der Waals surface area contributed by atoms with Gasteiger partial charge in [-0.1, -0.05) is 5.16 Å². The Morgan fingerprint density at radius 2 is 2.32 bits per heavy atom. The van der Waals surface area contributed by atoms with Gasteiger partial charge in [-0.15, -0.1) is 11.3 Å². The van der Waals surface area contributed by atoms with Gasteiger partial charge in [0.15, 0.2) is 11.5 Å². The number of carbonyl (C=O) groups is 2. The van der Waals surface area contributed by atoms with E-state index in [1.54, 1.807) is 27.4 Å².